The Morgan fingerprint density at radius 1 is 1.39 bits per heavy atom. The number of halogens is 1. The Hall–Kier alpha value is -1.76. The standard InChI is InChI=1S/C11H11FN4OS/c1-2-16-11(13-14-15-16)18-7-10(17)8-3-5-9(12)6-4-8/h3-6H,2,7H2,1H3. The van der Waals surface area contributed by atoms with Gasteiger partial charge < -0.3 is 0 Å². The van der Waals surface area contributed by atoms with Crippen LogP contribution in [0.2, 0.25) is 0 Å². The molecule has 0 spiro atoms. The Balaban J connectivity index is 1.98. The zero-order valence-electron chi connectivity index (χ0n) is 9.71. The number of carbonyl (C=O) groups is 1. The maximum atomic E-state index is 12.7. The van der Waals surface area contributed by atoms with Crippen molar-refractivity contribution in [1.82, 2.24) is 20.2 Å². The number of nitrogens with zero attached hydrogens (tertiary/aromatic N) is 4. The number of hydrogen-bond donors (Lipinski definition) is 0. The highest BCUT2D eigenvalue weighted by Crippen LogP contribution is 2.15. The summed E-state index contributed by atoms with van der Waals surface area (Å²) in [6.45, 7) is 2.57. The van der Waals surface area contributed by atoms with Crippen molar-refractivity contribution in [1.29, 1.82) is 0 Å². The summed E-state index contributed by atoms with van der Waals surface area (Å²) in [4.78, 5) is 11.8. The number of hydrogen-bond acceptors (Lipinski definition) is 5. The minimum absolute atomic E-state index is 0.0781. The summed E-state index contributed by atoms with van der Waals surface area (Å²) in [5.41, 5.74) is 0.486. The third-order valence-electron chi connectivity index (χ3n) is 2.30. The maximum absolute atomic E-state index is 12.7. The van der Waals surface area contributed by atoms with E-state index < -0.39 is 0 Å². The first kappa shape index (κ1) is 12.7. The zero-order valence-corrected chi connectivity index (χ0v) is 10.5. The summed E-state index contributed by atoms with van der Waals surface area (Å²) >= 11 is 1.27. The number of ketones is 1. The lowest BCUT2D eigenvalue weighted by Crippen LogP contribution is -2.05. The quantitative estimate of drug-likeness (QED) is 0.610. The first-order chi connectivity index (χ1) is 8.70. The molecule has 1 aromatic carbocycles. The summed E-state index contributed by atoms with van der Waals surface area (Å²) in [6, 6.07) is 5.49. The molecule has 0 bridgehead atoms. The van der Waals surface area contributed by atoms with Crippen LogP contribution in [0.15, 0.2) is 29.4 Å². The molecule has 0 atom stereocenters. The predicted molar refractivity (Wildman–Crippen MR) is 64.9 cm³/mol. The van der Waals surface area contributed by atoms with Crippen LogP contribution in [0.4, 0.5) is 4.39 Å². The number of aryl methyl sites for hydroxylation is 1. The molecule has 0 N–H and O–H groups in total. The van der Waals surface area contributed by atoms with E-state index >= 15 is 0 Å². The third kappa shape index (κ3) is 2.92. The van der Waals surface area contributed by atoms with Gasteiger partial charge in [-0.05, 0) is 41.6 Å². The molecule has 7 heteroatoms. The van der Waals surface area contributed by atoms with E-state index in [-0.39, 0.29) is 17.4 Å². The Bertz CT molecular complexity index is 540. The van der Waals surface area contributed by atoms with Gasteiger partial charge in [-0.2, -0.15) is 0 Å². The highest BCUT2D eigenvalue weighted by atomic mass is 32.2. The van der Waals surface area contributed by atoms with Gasteiger partial charge in [-0.1, -0.05) is 11.8 Å². The average Bonchev–Trinajstić information content (AvgIpc) is 2.84. The van der Waals surface area contributed by atoms with Gasteiger partial charge in [0.05, 0.1) is 5.75 Å². The number of carbonyl (C=O) groups excluding carboxylic acids is 1. The van der Waals surface area contributed by atoms with Crippen LogP contribution in [0.1, 0.15) is 17.3 Å². The van der Waals surface area contributed by atoms with Gasteiger partial charge in [0.1, 0.15) is 5.82 Å². The largest absolute Gasteiger partial charge is 0.293 e. The number of Topliss-reactive ketones (excluding diaryl/α,β-unsaturated/α-hetero) is 1. The average molecular weight is 266 g/mol. The predicted octanol–water partition coefficient (Wildman–Crippen LogP) is 1.81. The smallest absolute Gasteiger partial charge is 0.209 e. The van der Waals surface area contributed by atoms with E-state index in [0.29, 0.717) is 17.3 Å². The second-order valence-electron chi connectivity index (χ2n) is 3.50. The van der Waals surface area contributed by atoms with Gasteiger partial charge >= 0.3 is 0 Å². The molecular formula is C11H11FN4OS. The molecule has 1 aromatic heterocycles. The van der Waals surface area contributed by atoms with Crippen molar-refractivity contribution >= 4 is 17.5 Å². The molecule has 0 radical (unpaired) electrons. The monoisotopic (exact) mass is 266 g/mol. The van der Waals surface area contributed by atoms with Crippen LogP contribution in [0.25, 0.3) is 0 Å². The van der Waals surface area contributed by atoms with Gasteiger partial charge in [0.15, 0.2) is 5.78 Å². The fraction of sp³-hybridized carbons (Fsp3) is 0.273. The lowest BCUT2D eigenvalue weighted by Gasteiger charge is -2.01. The molecule has 0 unspecified atom stereocenters. The van der Waals surface area contributed by atoms with Gasteiger partial charge in [-0.15, -0.1) is 5.10 Å². The van der Waals surface area contributed by atoms with Crippen LogP contribution in [-0.4, -0.2) is 31.7 Å². The van der Waals surface area contributed by atoms with Crippen LogP contribution in [-0.2, 0) is 6.54 Å². The van der Waals surface area contributed by atoms with Gasteiger partial charge in [-0.3, -0.25) is 4.79 Å². The fourth-order valence-corrected chi connectivity index (χ4v) is 2.18. The summed E-state index contributed by atoms with van der Waals surface area (Å²) in [5.74, 6) is -0.203. The van der Waals surface area contributed by atoms with E-state index in [1.807, 2.05) is 6.92 Å². The highest BCUT2D eigenvalue weighted by Gasteiger charge is 2.10. The van der Waals surface area contributed by atoms with Crippen LogP contribution < -0.4 is 0 Å². The van der Waals surface area contributed by atoms with Crippen molar-refractivity contribution in [2.24, 2.45) is 0 Å². The first-order valence-corrected chi connectivity index (χ1v) is 6.37. The van der Waals surface area contributed by atoms with Gasteiger partial charge in [0, 0.05) is 12.1 Å². The van der Waals surface area contributed by atoms with E-state index in [1.165, 1.54) is 36.0 Å². The van der Waals surface area contributed by atoms with Crippen molar-refractivity contribution in [3.63, 3.8) is 0 Å². The molecule has 0 saturated carbocycles. The molecule has 0 saturated heterocycles. The van der Waals surface area contributed by atoms with Gasteiger partial charge in [0.25, 0.3) is 0 Å². The van der Waals surface area contributed by atoms with Crippen LogP contribution >= 0.6 is 11.8 Å². The molecule has 1 heterocycles. The summed E-state index contributed by atoms with van der Waals surface area (Å²) in [6.07, 6.45) is 0. The minimum atomic E-state index is -0.353. The molecule has 2 rings (SSSR count). The Morgan fingerprint density at radius 2 is 2.11 bits per heavy atom. The number of rotatable bonds is 5. The van der Waals surface area contributed by atoms with E-state index in [1.54, 1.807) is 4.68 Å². The lowest BCUT2D eigenvalue weighted by atomic mass is 10.1. The fourth-order valence-electron chi connectivity index (χ4n) is 1.35. The first-order valence-electron chi connectivity index (χ1n) is 5.38. The van der Waals surface area contributed by atoms with Crippen LogP contribution in [0.3, 0.4) is 0 Å². The summed E-state index contributed by atoms with van der Waals surface area (Å²) in [5, 5.41) is 11.7. The topological polar surface area (TPSA) is 60.7 Å². The van der Waals surface area contributed by atoms with Crippen molar-refractivity contribution in [3.05, 3.63) is 35.6 Å². The molecule has 0 fully saturated rings. The minimum Gasteiger partial charge on any atom is -0.293 e. The second kappa shape index (κ2) is 5.72. The lowest BCUT2D eigenvalue weighted by molar-refractivity contribution is 0.102. The summed E-state index contributed by atoms with van der Waals surface area (Å²) in [7, 11) is 0. The third-order valence-corrected chi connectivity index (χ3v) is 3.25. The number of aromatic nitrogens is 4. The second-order valence-corrected chi connectivity index (χ2v) is 4.44. The normalized spacial score (nSPS) is 10.6. The zero-order chi connectivity index (χ0) is 13.0. The summed E-state index contributed by atoms with van der Waals surface area (Å²) < 4.78 is 14.3. The molecule has 18 heavy (non-hydrogen) atoms. The molecule has 5 nitrogen and oxygen atoms in total. The van der Waals surface area contributed by atoms with Crippen molar-refractivity contribution in [2.75, 3.05) is 5.75 Å². The van der Waals surface area contributed by atoms with Gasteiger partial charge in [0.2, 0.25) is 5.16 Å². The van der Waals surface area contributed by atoms with Crippen molar-refractivity contribution in [2.45, 2.75) is 18.6 Å². The van der Waals surface area contributed by atoms with E-state index in [2.05, 4.69) is 15.5 Å². The van der Waals surface area contributed by atoms with E-state index in [4.69, 9.17) is 0 Å². The Morgan fingerprint density at radius 3 is 2.78 bits per heavy atom. The molecule has 0 aliphatic rings. The molecule has 94 valence electrons. The number of tetrazole rings is 1. The Kier molecular flexibility index (Phi) is 4.03. The number of benzene rings is 1. The van der Waals surface area contributed by atoms with E-state index in [9.17, 15) is 9.18 Å². The van der Waals surface area contributed by atoms with Crippen LogP contribution in [0.5, 0.6) is 0 Å². The van der Waals surface area contributed by atoms with Crippen LogP contribution in [0, 0.1) is 5.82 Å². The van der Waals surface area contributed by atoms with Crippen molar-refractivity contribution in [3.8, 4) is 0 Å². The maximum Gasteiger partial charge on any atom is 0.209 e. The van der Waals surface area contributed by atoms with Crippen molar-refractivity contribution < 1.29 is 9.18 Å². The van der Waals surface area contributed by atoms with Gasteiger partial charge in [-0.25, -0.2) is 9.07 Å². The molecule has 0 amide bonds. The SMILES string of the molecule is CCn1nnnc1SCC(=O)c1ccc(F)cc1. The Labute approximate surface area is 107 Å². The highest BCUT2D eigenvalue weighted by molar-refractivity contribution is 7.99. The number of thioether (sulfide) groups is 1. The molecule has 0 aliphatic carbocycles. The molecular weight excluding hydrogens is 255 g/mol. The van der Waals surface area contributed by atoms with E-state index in [0.717, 1.165) is 0 Å². The molecule has 2 aromatic rings. The molecule has 0 aliphatic heterocycles.